The van der Waals surface area contributed by atoms with Gasteiger partial charge >= 0.3 is 0 Å². The van der Waals surface area contributed by atoms with Crippen LogP contribution in [0.3, 0.4) is 0 Å². The minimum atomic E-state index is -0.262. The number of phenolic OH excluding ortho intramolecular Hbond substituents is 1. The first kappa shape index (κ1) is 16.8. The lowest BCUT2D eigenvalue weighted by Crippen LogP contribution is -2.48. The van der Waals surface area contributed by atoms with E-state index in [2.05, 4.69) is 24.1 Å². The number of aromatic hydroxyl groups is 1. The fourth-order valence-corrected chi connectivity index (χ4v) is 2.72. The van der Waals surface area contributed by atoms with Crippen molar-refractivity contribution in [2.45, 2.75) is 26.9 Å². The number of carbonyl (C=O) groups excluding carboxylic acids is 1. The van der Waals surface area contributed by atoms with E-state index in [1.54, 1.807) is 12.1 Å². The SMILES string of the molecule is Cc1ccc(C(=O)NCC2CN(CC(C)C)CCO2)c(O)c1. The van der Waals surface area contributed by atoms with Gasteiger partial charge in [-0.3, -0.25) is 9.69 Å². The van der Waals surface area contributed by atoms with E-state index in [4.69, 9.17) is 4.74 Å². The lowest BCUT2D eigenvalue weighted by Gasteiger charge is -2.33. The summed E-state index contributed by atoms with van der Waals surface area (Å²) in [4.78, 5) is 14.5. The number of amides is 1. The number of rotatable bonds is 5. The zero-order chi connectivity index (χ0) is 16.1. The van der Waals surface area contributed by atoms with Crippen LogP contribution in [0.2, 0.25) is 0 Å². The monoisotopic (exact) mass is 306 g/mol. The highest BCUT2D eigenvalue weighted by atomic mass is 16.5. The highest BCUT2D eigenvalue weighted by Crippen LogP contribution is 2.18. The number of ether oxygens (including phenoxy) is 1. The summed E-state index contributed by atoms with van der Waals surface area (Å²) in [5.74, 6) is 0.378. The molecule has 22 heavy (non-hydrogen) atoms. The zero-order valence-electron chi connectivity index (χ0n) is 13.6. The number of hydrogen-bond donors (Lipinski definition) is 2. The van der Waals surface area contributed by atoms with Gasteiger partial charge in [-0.15, -0.1) is 0 Å². The second kappa shape index (κ2) is 7.61. The molecule has 0 spiro atoms. The Kier molecular flexibility index (Phi) is 5.80. The van der Waals surface area contributed by atoms with Gasteiger partial charge in [0.05, 0.1) is 18.3 Å². The van der Waals surface area contributed by atoms with Crippen LogP contribution < -0.4 is 5.32 Å². The largest absolute Gasteiger partial charge is 0.507 e. The van der Waals surface area contributed by atoms with Crippen molar-refractivity contribution < 1.29 is 14.6 Å². The highest BCUT2D eigenvalue weighted by Gasteiger charge is 2.22. The van der Waals surface area contributed by atoms with Crippen LogP contribution in [-0.2, 0) is 4.74 Å². The molecule has 1 saturated heterocycles. The molecule has 0 aliphatic carbocycles. The molecule has 0 bridgehead atoms. The van der Waals surface area contributed by atoms with Crippen LogP contribution in [0.4, 0.5) is 0 Å². The standard InChI is InChI=1S/C17H26N2O3/c1-12(2)10-19-6-7-22-14(11-19)9-18-17(21)15-5-4-13(3)8-16(15)20/h4-5,8,12,14,20H,6-7,9-11H2,1-3H3,(H,18,21). The van der Waals surface area contributed by atoms with Gasteiger partial charge in [0.2, 0.25) is 0 Å². The Bertz CT molecular complexity index is 517. The van der Waals surface area contributed by atoms with Crippen LogP contribution in [0.25, 0.3) is 0 Å². The number of phenols is 1. The quantitative estimate of drug-likeness (QED) is 0.870. The van der Waals surface area contributed by atoms with Crippen molar-refractivity contribution in [3.8, 4) is 5.75 Å². The number of carbonyl (C=O) groups is 1. The molecule has 2 rings (SSSR count). The van der Waals surface area contributed by atoms with Gasteiger partial charge < -0.3 is 15.2 Å². The Morgan fingerprint density at radius 1 is 1.50 bits per heavy atom. The number of aryl methyl sites for hydroxylation is 1. The van der Waals surface area contributed by atoms with E-state index in [1.165, 1.54) is 0 Å². The molecule has 1 fully saturated rings. The molecule has 1 unspecified atom stereocenters. The number of hydrogen-bond acceptors (Lipinski definition) is 4. The maximum absolute atomic E-state index is 12.1. The molecule has 0 aromatic heterocycles. The van der Waals surface area contributed by atoms with Crippen molar-refractivity contribution in [3.05, 3.63) is 29.3 Å². The first-order chi connectivity index (χ1) is 10.5. The Morgan fingerprint density at radius 2 is 2.27 bits per heavy atom. The van der Waals surface area contributed by atoms with Crippen LogP contribution in [0.15, 0.2) is 18.2 Å². The van der Waals surface area contributed by atoms with Crippen LogP contribution in [-0.4, -0.2) is 54.8 Å². The Balaban J connectivity index is 1.85. The van der Waals surface area contributed by atoms with E-state index in [9.17, 15) is 9.90 Å². The molecule has 1 atom stereocenters. The second-order valence-electron chi connectivity index (χ2n) is 6.38. The molecular formula is C17H26N2O3. The summed E-state index contributed by atoms with van der Waals surface area (Å²) in [5, 5.41) is 12.7. The summed E-state index contributed by atoms with van der Waals surface area (Å²) < 4.78 is 5.71. The molecule has 122 valence electrons. The first-order valence-corrected chi connectivity index (χ1v) is 7.87. The predicted molar refractivity (Wildman–Crippen MR) is 86.2 cm³/mol. The van der Waals surface area contributed by atoms with Crippen LogP contribution >= 0.6 is 0 Å². The zero-order valence-corrected chi connectivity index (χ0v) is 13.6. The second-order valence-corrected chi connectivity index (χ2v) is 6.38. The average Bonchev–Trinajstić information content (AvgIpc) is 2.44. The van der Waals surface area contributed by atoms with E-state index in [0.717, 1.165) is 25.2 Å². The maximum Gasteiger partial charge on any atom is 0.255 e. The molecule has 0 radical (unpaired) electrons. The third-order valence-corrected chi connectivity index (χ3v) is 3.73. The smallest absolute Gasteiger partial charge is 0.255 e. The molecule has 1 aliphatic rings. The minimum Gasteiger partial charge on any atom is -0.507 e. The number of morpholine rings is 1. The molecule has 1 amide bonds. The van der Waals surface area contributed by atoms with Gasteiger partial charge in [-0.1, -0.05) is 19.9 Å². The van der Waals surface area contributed by atoms with Crippen LogP contribution in [0.1, 0.15) is 29.8 Å². The molecule has 2 N–H and O–H groups in total. The van der Waals surface area contributed by atoms with Crippen molar-refractivity contribution in [1.29, 1.82) is 0 Å². The number of benzene rings is 1. The third-order valence-electron chi connectivity index (χ3n) is 3.73. The topological polar surface area (TPSA) is 61.8 Å². The van der Waals surface area contributed by atoms with Crippen molar-refractivity contribution in [2.24, 2.45) is 5.92 Å². The molecule has 0 saturated carbocycles. The van der Waals surface area contributed by atoms with Crippen molar-refractivity contribution in [2.75, 3.05) is 32.8 Å². The van der Waals surface area contributed by atoms with Crippen molar-refractivity contribution in [1.82, 2.24) is 10.2 Å². The van der Waals surface area contributed by atoms with Crippen LogP contribution in [0, 0.1) is 12.8 Å². The summed E-state index contributed by atoms with van der Waals surface area (Å²) in [5.41, 5.74) is 1.23. The van der Waals surface area contributed by atoms with E-state index in [1.807, 2.05) is 13.0 Å². The summed E-state index contributed by atoms with van der Waals surface area (Å²) in [6.07, 6.45) is 0.00374. The van der Waals surface area contributed by atoms with Crippen molar-refractivity contribution >= 4 is 5.91 Å². The van der Waals surface area contributed by atoms with Gasteiger partial charge in [0.25, 0.3) is 5.91 Å². The molecule has 1 aromatic carbocycles. The van der Waals surface area contributed by atoms with E-state index >= 15 is 0 Å². The fourth-order valence-electron chi connectivity index (χ4n) is 2.72. The van der Waals surface area contributed by atoms with Gasteiger partial charge in [0.15, 0.2) is 0 Å². The van der Waals surface area contributed by atoms with Crippen LogP contribution in [0.5, 0.6) is 5.75 Å². The van der Waals surface area contributed by atoms with Gasteiger partial charge in [0.1, 0.15) is 5.75 Å². The summed E-state index contributed by atoms with van der Waals surface area (Å²) in [6.45, 7) is 10.3. The lowest BCUT2D eigenvalue weighted by molar-refractivity contribution is -0.0295. The van der Waals surface area contributed by atoms with Gasteiger partial charge in [-0.05, 0) is 30.5 Å². The Hall–Kier alpha value is -1.59. The molecular weight excluding hydrogens is 280 g/mol. The van der Waals surface area contributed by atoms with E-state index < -0.39 is 0 Å². The van der Waals surface area contributed by atoms with Gasteiger partial charge in [-0.25, -0.2) is 0 Å². The third kappa shape index (κ3) is 4.71. The molecule has 5 nitrogen and oxygen atoms in total. The Morgan fingerprint density at radius 3 is 2.95 bits per heavy atom. The van der Waals surface area contributed by atoms with E-state index in [0.29, 0.717) is 24.6 Å². The normalized spacial score (nSPS) is 19.4. The summed E-state index contributed by atoms with van der Waals surface area (Å²) in [6, 6.07) is 5.05. The predicted octanol–water partition coefficient (Wildman–Crippen LogP) is 1.79. The Labute approximate surface area is 132 Å². The lowest BCUT2D eigenvalue weighted by atomic mass is 10.1. The molecule has 5 heteroatoms. The number of nitrogens with zero attached hydrogens (tertiary/aromatic N) is 1. The maximum atomic E-state index is 12.1. The minimum absolute atomic E-state index is 0.00374. The average molecular weight is 306 g/mol. The van der Waals surface area contributed by atoms with Gasteiger partial charge in [0, 0.05) is 26.2 Å². The summed E-state index contributed by atoms with van der Waals surface area (Å²) in [7, 11) is 0. The molecule has 1 aromatic rings. The number of nitrogens with one attached hydrogen (secondary N) is 1. The highest BCUT2D eigenvalue weighted by molar-refractivity contribution is 5.96. The fraction of sp³-hybridized carbons (Fsp3) is 0.588. The molecule has 1 aliphatic heterocycles. The van der Waals surface area contributed by atoms with Gasteiger partial charge in [-0.2, -0.15) is 0 Å². The first-order valence-electron chi connectivity index (χ1n) is 7.87. The van der Waals surface area contributed by atoms with E-state index in [-0.39, 0.29) is 17.8 Å². The summed E-state index contributed by atoms with van der Waals surface area (Å²) >= 11 is 0. The van der Waals surface area contributed by atoms with Crippen molar-refractivity contribution in [3.63, 3.8) is 0 Å². The molecule has 1 heterocycles.